The lowest BCUT2D eigenvalue weighted by Crippen LogP contribution is -2.59. The number of carboxylic acids is 1. The zero-order valence-corrected chi connectivity index (χ0v) is 25.0. The van der Waals surface area contributed by atoms with Gasteiger partial charge >= 0.3 is 5.97 Å². The maximum Gasteiger partial charge on any atom is 0.305 e. The van der Waals surface area contributed by atoms with Crippen molar-refractivity contribution in [3.05, 3.63) is 71.8 Å². The number of aliphatic carboxylic acids is 1. The fraction of sp³-hybridized carbons (Fsp3) is 0.438. The van der Waals surface area contributed by atoms with Gasteiger partial charge in [0.1, 0.15) is 24.2 Å². The Morgan fingerprint density at radius 2 is 1.52 bits per heavy atom. The van der Waals surface area contributed by atoms with E-state index in [-0.39, 0.29) is 31.7 Å². The van der Waals surface area contributed by atoms with E-state index in [9.17, 15) is 33.9 Å². The van der Waals surface area contributed by atoms with E-state index in [4.69, 9.17) is 7.15 Å². The normalized spacial score (nSPS) is 16.8. The van der Waals surface area contributed by atoms with Gasteiger partial charge in [-0.15, -0.1) is 0 Å². The molecule has 1 fully saturated rings. The fourth-order valence-corrected chi connectivity index (χ4v) is 5.16. The first-order valence-electron chi connectivity index (χ1n) is 15.1. The Kier molecular flexibility index (Phi) is 11.8. The standard InChI is InChI=1S/C32H41N5O7/c1-20(2)16-23(34-27(38)18-22-12-7-4-8-13-22)30(42)35-24(19-28(39)40)31(43)36-25(17-21-10-5-3-6-11-21)32(44)37-15-9-14-26(37)29(33)41/h3-8,10-13,20,23-26H,9,14-19H2,1-2H3,(H2,33,41)(H,34,38)(H,35,42)(H,36,43)(H,39,40)/t23-,24-,25-,26-/m0/s1/i/hD. The van der Waals surface area contributed by atoms with Crippen molar-refractivity contribution in [2.45, 2.75) is 76.5 Å². The Morgan fingerprint density at radius 1 is 0.909 bits per heavy atom. The number of nitrogens with two attached hydrogens (primary N) is 1. The van der Waals surface area contributed by atoms with Crippen molar-refractivity contribution in [1.29, 1.82) is 0 Å². The van der Waals surface area contributed by atoms with Crippen LogP contribution in [0.1, 0.15) is 50.7 Å². The lowest BCUT2D eigenvalue weighted by molar-refractivity contribution is -0.143. The summed E-state index contributed by atoms with van der Waals surface area (Å²) >= 11 is 0. The third-order valence-electron chi connectivity index (χ3n) is 7.26. The number of rotatable bonds is 15. The number of primary amides is 1. The van der Waals surface area contributed by atoms with Gasteiger partial charge in [0.25, 0.3) is 0 Å². The van der Waals surface area contributed by atoms with Gasteiger partial charge in [0, 0.05) is 13.0 Å². The number of hydrogen-bond acceptors (Lipinski definition) is 6. The number of benzene rings is 2. The minimum absolute atomic E-state index is 0.00672. The molecule has 0 aliphatic carbocycles. The predicted molar refractivity (Wildman–Crippen MR) is 162 cm³/mol. The Morgan fingerprint density at radius 3 is 2.09 bits per heavy atom. The van der Waals surface area contributed by atoms with Crippen molar-refractivity contribution >= 4 is 35.5 Å². The van der Waals surface area contributed by atoms with Gasteiger partial charge in [-0.05, 0) is 36.3 Å². The molecule has 0 aromatic heterocycles. The molecule has 12 heteroatoms. The van der Waals surface area contributed by atoms with Gasteiger partial charge in [-0.3, -0.25) is 28.8 Å². The molecule has 0 unspecified atom stereocenters. The van der Waals surface area contributed by atoms with E-state index in [0.717, 1.165) is 5.56 Å². The van der Waals surface area contributed by atoms with E-state index < -0.39 is 66.1 Å². The number of nitrogens with zero attached hydrogens (tertiary/aromatic N) is 1. The molecule has 0 spiro atoms. The van der Waals surface area contributed by atoms with Crippen molar-refractivity contribution in [3.8, 4) is 0 Å². The number of likely N-dealkylation sites (tertiary alicyclic amines) is 1. The highest BCUT2D eigenvalue weighted by atomic mass is 16.4. The van der Waals surface area contributed by atoms with Crippen LogP contribution in [-0.4, -0.2) is 76.2 Å². The third-order valence-corrected chi connectivity index (χ3v) is 7.26. The van der Waals surface area contributed by atoms with Crippen molar-refractivity contribution in [3.63, 3.8) is 0 Å². The highest BCUT2D eigenvalue weighted by Gasteiger charge is 2.38. The van der Waals surface area contributed by atoms with Crippen LogP contribution in [0.5, 0.6) is 0 Å². The molecule has 12 nitrogen and oxygen atoms in total. The molecule has 2 aromatic carbocycles. The summed E-state index contributed by atoms with van der Waals surface area (Å²) in [5.41, 5.74) is 6.86. The summed E-state index contributed by atoms with van der Waals surface area (Å²) in [7, 11) is 0. The molecular weight excluding hydrogens is 566 g/mol. The zero-order chi connectivity index (χ0) is 33.1. The molecular formula is C32H41N5O7. The number of nitrogens with one attached hydrogen (secondary N) is 3. The fourth-order valence-electron chi connectivity index (χ4n) is 5.16. The smallest absolute Gasteiger partial charge is 0.305 e. The summed E-state index contributed by atoms with van der Waals surface area (Å²) in [5, 5.41) is 15.1. The van der Waals surface area contributed by atoms with Gasteiger partial charge in [0.15, 0.2) is 1.41 Å². The summed E-state index contributed by atoms with van der Waals surface area (Å²) in [6.45, 7) is 3.88. The topological polar surface area (TPSA) is 188 Å². The number of carbonyl (C=O) groups excluding carboxylic acids is 5. The van der Waals surface area contributed by atoms with Crippen LogP contribution < -0.4 is 21.7 Å². The molecule has 3 rings (SSSR count). The van der Waals surface area contributed by atoms with Crippen molar-refractivity contribution in [2.75, 3.05) is 6.54 Å². The van der Waals surface area contributed by atoms with Gasteiger partial charge in [-0.1, -0.05) is 74.5 Å². The van der Waals surface area contributed by atoms with E-state index >= 15 is 0 Å². The van der Waals surface area contributed by atoms with Crippen LogP contribution in [0.25, 0.3) is 0 Å². The molecule has 5 amide bonds. The monoisotopic (exact) mass is 608 g/mol. The van der Waals surface area contributed by atoms with Gasteiger partial charge in [0.2, 0.25) is 29.5 Å². The molecule has 1 aliphatic heterocycles. The molecule has 0 saturated carbocycles. The Bertz CT molecular complexity index is 1360. The van der Waals surface area contributed by atoms with E-state index in [2.05, 4.69) is 10.6 Å². The lowest BCUT2D eigenvalue weighted by Gasteiger charge is -2.29. The quantitative estimate of drug-likeness (QED) is 0.199. The van der Waals surface area contributed by atoms with Gasteiger partial charge < -0.3 is 31.7 Å². The second-order valence-corrected chi connectivity index (χ2v) is 11.3. The zero-order valence-electron chi connectivity index (χ0n) is 26.0. The average molecular weight is 609 g/mol. The average Bonchev–Trinajstić information content (AvgIpc) is 3.49. The highest BCUT2D eigenvalue weighted by molar-refractivity contribution is 5.97. The largest absolute Gasteiger partial charge is 0.481 e. The minimum atomic E-state index is -1.72. The van der Waals surface area contributed by atoms with E-state index in [1.54, 1.807) is 54.6 Å². The molecule has 0 bridgehead atoms. The maximum atomic E-state index is 13.7. The van der Waals surface area contributed by atoms with Crippen molar-refractivity contribution < 1.29 is 35.3 Å². The summed E-state index contributed by atoms with van der Waals surface area (Å²) in [6.07, 6.45) is 0.0862. The molecule has 6 N–H and O–H groups in total. The van der Waals surface area contributed by atoms with Crippen LogP contribution >= 0.6 is 0 Å². The molecule has 44 heavy (non-hydrogen) atoms. The first-order chi connectivity index (χ1) is 21.4. The molecule has 1 aliphatic rings. The van der Waals surface area contributed by atoms with E-state index in [1.165, 1.54) is 4.90 Å². The minimum Gasteiger partial charge on any atom is -0.481 e. The summed E-state index contributed by atoms with van der Waals surface area (Å²) < 4.78 is 8.74. The van der Waals surface area contributed by atoms with Crippen molar-refractivity contribution in [1.82, 2.24) is 20.8 Å². The summed E-state index contributed by atoms with van der Waals surface area (Å²) in [5.74, 6) is -5.22. The molecule has 4 atom stereocenters. The van der Waals surface area contributed by atoms with E-state index in [1.807, 2.05) is 19.9 Å². The number of amides is 5. The second kappa shape index (κ2) is 16.2. The van der Waals surface area contributed by atoms with Crippen LogP contribution in [0.4, 0.5) is 0 Å². The Labute approximate surface area is 258 Å². The van der Waals surface area contributed by atoms with Gasteiger partial charge in [-0.2, -0.15) is 0 Å². The molecule has 2 aromatic rings. The van der Waals surface area contributed by atoms with Crippen LogP contribution in [0.15, 0.2) is 60.7 Å². The molecule has 236 valence electrons. The molecule has 1 heterocycles. The first kappa shape index (κ1) is 32.2. The van der Waals surface area contributed by atoms with Crippen LogP contribution in [0.2, 0.25) is 1.41 Å². The van der Waals surface area contributed by atoms with Crippen LogP contribution in [0.3, 0.4) is 0 Å². The van der Waals surface area contributed by atoms with E-state index in [0.29, 0.717) is 23.7 Å². The van der Waals surface area contributed by atoms with Crippen LogP contribution in [-0.2, 0) is 41.6 Å². The molecule has 1 saturated heterocycles. The number of hydrogen-bond donors (Lipinski definition) is 5. The predicted octanol–water partition coefficient (Wildman–Crippen LogP) is 0.923. The van der Waals surface area contributed by atoms with Gasteiger partial charge in [-0.25, -0.2) is 0 Å². The Balaban J connectivity index is 1.84. The first-order valence-corrected chi connectivity index (χ1v) is 14.7. The number of carboxylic acid groups (broad SMARTS) is 1. The van der Waals surface area contributed by atoms with Gasteiger partial charge in [0.05, 0.1) is 12.8 Å². The summed E-state index contributed by atoms with van der Waals surface area (Å²) in [4.78, 5) is 78.7. The molecule has 0 radical (unpaired) electrons. The lowest BCUT2D eigenvalue weighted by atomic mass is 10.0. The third kappa shape index (κ3) is 10.2. The Hall–Kier alpha value is -4.74. The highest BCUT2D eigenvalue weighted by Crippen LogP contribution is 2.19. The van der Waals surface area contributed by atoms with Crippen LogP contribution in [0, 0.1) is 5.92 Å². The SMILES string of the molecule is [2H]N(C(=O)[C@H](CC(=O)O)NC(=O)[C@H](CC(C)C)NC(=O)Cc1ccccc1)[C@@H](Cc1ccccc1)C(=O)N1CCC[C@H]1C(N)=O. The number of carbonyl (C=O) groups is 6. The maximum absolute atomic E-state index is 13.7. The van der Waals surface area contributed by atoms with Crippen molar-refractivity contribution in [2.24, 2.45) is 11.7 Å². The second-order valence-electron chi connectivity index (χ2n) is 11.3. The summed E-state index contributed by atoms with van der Waals surface area (Å²) in [6, 6.07) is 12.4.